The highest BCUT2D eigenvalue weighted by Gasteiger charge is 2.42. The first-order chi connectivity index (χ1) is 9.94. The number of cyclic esters (lactones) is 2. The Labute approximate surface area is 121 Å². The third-order valence-corrected chi connectivity index (χ3v) is 3.17. The minimum Gasteiger partial charge on any atom is -0.422 e. The van der Waals surface area contributed by atoms with Gasteiger partial charge in [-0.25, -0.2) is 9.97 Å². The molecule has 2 aliphatic rings. The Hall–Kier alpha value is -2.31. The van der Waals surface area contributed by atoms with Crippen LogP contribution in [0, 0.1) is 5.92 Å². The summed E-state index contributed by atoms with van der Waals surface area (Å²) in [7, 11) is 0. The van der Waals surface area contributed by atoms with Gasteiger partial charge in [-0.2, -0.15) is 0 Å². The number of hydrogen-bond acceptors (Lipinski definition) is 7. The lowest BCUT2D eigenvalue weighted by Gasteiger charge is -2.31. The Morgan fingerprint density at radius 2 is 1.76 bits per heavy atom. The Morgan fingerprint density at radius 3 is 2.29 bits per heavy atom. The lowest BCUT2D eigenvalue weighted by molar-refractivity contribution is -0.235. The molecule has 0 N–H and O–H groups in total. The first-order valence-electron chi connectivity index (χ1n) is 6.76. The molecular weight excluding hydrogens is 274 g/mol. The summed E-state index contributed by atoms with van der Waals surface area (Å²) < 4.78 is 10.00. The van der Waals surface area contributed by atoms with Crippen molar-refractivity contribution in [2.24, 2.45) is 10.9 Å². The van der Waals surface area contributed by atoms with Crippen LogP contribution in [0.15, 0.2) is 17.4 Å². The van der Waals surface area contributed by atoms with E-state index in [-0.39, 0.29) is 0 Å². The van der Waals surface area contributed by atoms with E-state index in [1.54, 1.807) is 12.4 Å². The minimum absolute atomic E-state index is 0.466. The monoisotopic (exact) mass is 289 g/mol. The van der Waals surface area contributed by atoms with Crippen LogP contribution >= 0.6 is 0 Å². The van der Waals surface area contributed by atoms with Crippen molar-refractivity contribution in [3.8, 4) is 0 Å². The molecule has 2 heterocycles. The van der Waals surface area contributed by atoms with Crippen molar-refractivity contribution in [2.75, 3.05) is 0 Å². The Bertz CT molecular complexity index is 585. The van der Waals surface area contributed by atoms with Gasteiger partial charge in [0.05, 0.1) is 18.1 Å². The molecule has 7 heteroatoms. The number of esters is 2. The van der Waals surface area contributed by atoms with Crippen LogP contribution in [0.1, 0.15) is 38.4 Å². The molecule has 3 rings (SSSR count). The van der Waals surface area contributed by atoms with E-state index >= 15 is 0 Å². The zero-order valence-electron chi connectivity index (χ0n) is 11.8. The number of aliphatic imine (C=N–C) groups is 1. The predicted molar refractivity (Wildman–Crippen MR) is 71.9 cm³/mol. The summed E-state index contributed by atoms with van der Waals surface area (Å²) >= 11 is 0. The molecule has 110 valence electrons. The smallest absolute Gasteiger partial charge is 0.329 e. The number of rotatable bonds is 3. The number of nitrogens with zero attached hydrogens (tertiary/aromatic N) is 3. The van der Waals surface area contributed by atoms with Gasteiger partial charge in [0.1, 0.15) is 5.82 Å². The van der Waals surface area contributed by atoms with Gasteiger partial charge in [0, 0.05) is 26.0 Å². The molecule has 0 unspecified atom stereocenters. The first-order valence-corrected chi connectivity index (χ1v) is 6.76. The summed E-state index contributed by atoms with van der Waals surface area (Å²) in [5.74, 6) is -2.44. The molecule has 0 aromatic carbocycles. The number of ether oxygens (including phenoxy) is 2. The van der Waals surface area contributed by atoms with Crippen molar-refractivity contribution >= 4 is 23.8 Å². The summed E-state index contributed by atoms with van der Waals surface area (Å²) in [4.78, 5) is 36.0. The maximum Gasteiger partial charge on any atom is 0.329 e. The van der Waals surface area contributed by atoms with Crippen LogP contribution in [0.4, 0.5) is 5.69 Å². The number of carbonyl (C=O) groups is 2. The van der Waals surface area contributed by atoms with Gasteiger partial charge < -0.3 is 9.47 Å². The highest BCUT2D eigenvalue weighted by atomic mass is 16.7. The van der Waals surface area contributed by atoms with Gasteiger partial charge in [-0.15, -0.1) is 0 Å². The maximum absolute atomic E-state index is 11.7. The standard InChI is InChI=1S/C14H15N3O4/c1-14(2)20-12(18)10(13(19)21-14)7-15-9-5-16-11(17-6-9)8-3-4-8/h5-8,10H,3-4H2,1-2H3. The van der Waals surface area contributed by atoms with Crippen LogP contribution in [0.5, 0.6) is 0 Å². The van der Waals surface area contributed by atoms with E-state index in [1.807, 2.05) is 0 Å². The molecule has 1 aliphatic carbocycles. The molecule has 1 aliphatic heterocycles. The molecule has 7 nitrogen and oxygen atoms in total. The first kappa shape index (κ1) is 13.7. The van der Waals surface area contributed by atoms with E-state index in [4.69, 9.17) is 9.47 Å². The molecule has 21 heavy (non-hydrogen) atoms. The van der Waals surface area contributed by atoms with Gasteiger partial charge in [-0.3, -0.25) is 14.6 Å². The summed E-state index contributed by atoms with van der Waals surface area (Å²) in [6.07, 6.45) is 6.59. The topological polar surface area (TPSA) is 90.7 Å². The second-order valence-electron chi connectivity index (χ2n) is 5.57. The summed E-state index contributed by atoms with van der Waals surface area (Å²) in [6.45, 7) is 3.00. The minimum atomic E-state index is -1.23. The van der Waals surface area contributed by atoms with Gasteiger partial charge in [-0.05, 0) is 12.8 Å². The Balaban J connectivity index is 1.70. The van der Waals surface area contributed by atoms with Crippen molar-refractivity contribution in [1.82, 2.24) is 9.97 Å². The van der Waals surface area contributed by atoms with Crippen molar-refractivity contribution in [2.45, 2.75) is 38.4 Å². The third kappa shape index (κ3) is 3.07. The van der Waals surface area contributed by atoms with Crippen LogP contribution in [0.3, 0.4) is 0 Å². The van der Waals surface area contributed by atoms with Crippen molar-refractivity contribution in [1.29, 1.82) is 0 Å². The molecule has 0 spiro atoms. The maximum atomic E-state index is 11.7. The molecule has 1 aromatic heterocycles. The highest BCUT2D eigenvalue weighted by Crippen LogP contribution is 2.37. The summed E-state index contributed by atoms with van der Waals surface area (Å²) in [5, 5.41) is 0. The summed E-state index contributed by atoms with van der Waals surface area (Å²) in [6, 6.07) is 0. The van der Waals surface area contributed by atoms with E-state index in [1.165, 1.54) is 20.1 Å². The largest absolute Gasteiger partial charge is 0.422 e. The number of carbonyl (C=O) groups excluding carboxylic acids is 2. The fourth-order valence-electron chi connectivity index (χ4n) is 1.96. The molecular formula is C14H15N3O4. The van der Waals surface area contributed by atoms with Gasteiger partial charge in [0.15, 0.2) is 5.92 Å². The van der Waals surface area contributed by atoms with Gasteiger partial charge in [0.25, 0.3) is 5.79 Å². The van der Waals surface area contributed by atoms with Crippen LogP contribution in [0.2, 0.25) is 0 Å². The molecule has 0 radical (unpaired) electrons. The Kier molecular flexibility index (Phi) is 3.19. The Morgan fingerprint density at radius 1 is 1.19 bits per heavy atom. The molecule has 0 amide bonds. The SMILES string of the molecule is CC1(C)OC(=O)C(C=Nc2cnc(C3CC3)nc2)C(=O)O1. The lowest BCUT2D eigenvalue weighted by atomic mass is 10.1. The predicted octanol–water partition coefficient (Wildman–Crippen LogP) is 1.51. The zero-order valence-corrected chi connectivity index (χ0v) is 11.8. The lowest BCUT2D eigenvalue weighted by Crippen LogP contribution is -2.46. The van der Waals surface area contributed by atoms with E-state index in [2.05, 4.69) is 15.0 Å². The van der Waals surface area contributed by atoms with Gasteiger partial charge in [-0.1, -0.05) is 0 Å². The normalized spacial score (nSPS) is 22.2. The fraction of sp³-hybridized carbons (Fsp3) is 0.500. The number of aromatic nitrogens is 2. The van der Waals surface area contributed by atoms with E-state index in [9.17, 15) is 9.59 Å². The fourth-order valence-corrected chi connectivity index (χ4v) is 1.96. The molecule has 0 atom stereocenters. The molecule has 1 aromatic rings. The quantitative estimate of drug-likeness (QED) is 0.476. The van der Waals surface area contributed by atoms with Gasteiger partial charge in [0.2, 0.25) is 0 Å². The van der Waals surface area contributed by atoms with Crippen molar-refractivity contribution < 1.29 is 19.1 Å². The van der Waals surface area contributed by atoms with E-state index in [0.717, 1.165) is 18.7 Å². The molecule has 2 fully saturated rings. The van der Waals surface area contributed by atoms with Gasteiger partial charge >= 0.3 is 11.9 Å². The molecule has 1 saturated heterocycles. The van der Waals surface area contributed by atoms with Crippen molar-refractivity contribution in [3.05, 3.63) is 18.2 Å². The van der Waals surface area contributed by atoms with Crippen molar-refractivity contribution in [3.63, 3.8) is 0 Å². The third-order valence-electron chi connectivity index (χ3n) is 3.17. The molecule has 0 bridgehead atoms. The zero-order chi connectivity index (χ0) is 15.0. The van der Waals surface area contributed by atoms with Crippen LogP contribution in [-0.2, 0) is 19.1 Å². The summed E-state index contributed by atoms with van der Waals surface area (Å²) in [5.41, 5.74) is 0.477. The van der Waals surface area contributed by atoms with Crippen LogP contribution in [-0.4, -0.2) is 33.9 Å². The molecule has 1 saturated carbocycles. The highest BCUT2D eigenvalue weighted by molar-refractivity contribution is 6.10. The number of hydrogen-bond donors (Lipinski definition) is 0. The second kappa shape index (κ2) is 4.91. The second-order valence-corrected chi connectivity index (χ2v) is 5.57. The van der Waals surface area contributed by atoms with E-state index < -0.39 is 23.6 Å². The van der Waals surface area contributed by atoms with E-state index in [0.29, 0.717) is 11.6 Å². The van der Waals surface area contributed by atoms with Crippen LogP contribution < -0.4 is 0 Å². The average molecular weight is 289 g/mol. The van der Waals surface area contributed by atoms with Crippen LogP contribution in [0.25, 0.3) is 0 Å². The average Bonchev–Trinajstić information content (AvgIpc) is 3.21.